The topological polar surface area (TPSA) is 80.7 Å². The number of ether oxygens (including phenoxy) is 1. The molecule has 0 aromatic carbocycles. The summed E-state index contributed by atoms with van der Waals surface area (Å²) in [6, 6.07) is 0. The van der Waals surface area contributed by atoms with Gasteiger partial charge in [0.1, 0.15) is 0 Å². The predicted octanol–water partition coefficient (Wildman–Crippen LogP) is 2.32. The Kier molecular flexibility index (Phi) is 11.4. The van der Waals surface area contributed by atoms with Crippen LogP contribution in [0.5, 0.6) is 0 Å². The number of halogens is 3. The average Bonchev–Trinajstić information content (AvgIpc) is 2.10. The number of thiol groups is 1. The fourth-order valence-electron chi connectivity index (χ4n) is 0.769. The molecule has 1 N–H and O–H groups in total. The Morgan fingerprint density at radius 2 is 1.76 bits per heavy atom. The molecular formula is C7H13Cl3O5S2. The second-order valence-corrected chi connectivity index (χ2v) is 6.63. The molecule has 104 valence electrons. The molecule has 0 aliphatic carbocycles. The molecule has 0 aliphatic heterocycles. The summed E-state index contributed by atoms with van der Waals surface area (Å²) >= 11 is 17.9. The molecule has 0 bridgehead atoms. The summed E-state index contributed by atoms with van der Waals surface area (Å²) < 4.78 is 34.1. The number of hydrogen-bond acceptors (Lipinski definition) is 4. The number of rotatable bonds is 5. The highest BCUT2D eigenvalue weighted by Gasteiger charge is 2.32. The third kappa shape index (κ3) is 11.6. The normalized spacial score (nSPS) is 14.8. The van der Waals surface area contributed by atoms with Gasteiger partial charge in [0.15, 0.2) is 14.8 Å². The van der Waals surface area contributed by atoms with Gasteiger partial charge >= 0.3 is 0 Å². The maximum atomic E-state index is 10.7. The van der Waals surface area contributed by atoms with Gasteiger partial charge in [0.2, 0.25) is 0 Å². The quantitative estimate of drug-likeness (QED) is 0.453. The van der Waals surface area contributed by atoms with Crippen molar-refractivity contribution < 1.29 is 22.5 Å². The molecule has 0 saturated heterocycles. The van der Waals surface area contributed by atoms with Crippen molar-refractivity contribution in [3.63, 3.8) is 0 Å². The Morgan fingerprint density at radius 1 is 1.41 bits per heavy atom. The lowest BCUT2D eigenvalue weighted by atomic mass is 10.2. The summed E-state index contributed by atoms with van der Waals surface area (Å²) in [6.07, 6.45) is 0. The molecule has 0 rings (SSSR count). The van der Waals surface area contributed by atoms with E-state index in [2.05, 4.69) is 12.6 Å². The first-order valence-electron chi connectivity index (χ1n) is 4.26. The maximum Gasteiger partial charge on any atom is 0.293 e. The zero-order valence-corrected chi connectivity index (χ0v) is 13.0. The van der Waals surface area contributed by atoms with Crippen LogP contribution in [0.4, 0.5) is 0 Å². The van der Waals surface area contributed by atoms with Gasteiger partial charge in [-0.2, -0.15) is 8.42 Å². The third-order valence-corrected chi connectivity index (χ3v) is 2.96. The minimum atomic E-state index is -4.36. The van der Waals surface area contributed by atoms with Gasteiger partial charge in [0.05, 0.1) is 5.92 Å². The molecule has 2 atom stereocenters. The molecule has 0 saturated carbocycles. The van der Waals surface area contributed by atoms with Crippen LogP contribution in [0.25, 0.3) is 0 Å². The second kappa shape index (κ2) is 9.66. The molecule has 10 heteroatoms. The summed E-state index contributed by atoms with van der Waals surface area (Å²) in [7, 11) is -4.36. The first-order chi connectivity index (χ1) is 7.53. The monoisotopic (exact) mass is 346 g/mol. The van der Waals surface area contributed by atoms with E-state index < -0.39 is 30.9 Å². The van der Waals surface area contributed by atoms with Crippen molar-refractivity contribution in [2.45, 2.75) is 23.6 Å². The molecule has 2 unspecified atom stereocenters. The van der Waals surface area contributed by atoms with Gasteiger partial charge < -0.3 is 4.74 Å². The minimum Gasteiger partial charge on any atom is -0.359 e. The molecule has 0 radical (unpaired) electrons. The van der Waals surface area contributed by atoms with E-state index in [1.54, 1.807) is 6.92 Å². The van der Waals surface area contributed by atoms with Crippen LogP contribution < -0.4 is 0 Å². The zero-order chi connectivity index (χ0) is 14.2. The molecule has 0 spiro atoms. The number of alkyl halides is 3. The number of hydrogen-bond donors (Lipinski definition) is 2. The summed E-state index contributed by atoms with van der Waals surface area (Å²) in [5.41, 5.74) is -1.53. The fourth-order valence-corrected chi connectivity index (χ4v) is 1.95. The van der Waals surface area contributed by atoms with E-state index in [9.17, 15) is 13.2 Å². The molecule has 17 heavy (non-hydrogen) atoms. The van der Waals surface area contributed by atoms with Crippen molar-refractivity contribution in [1.82, 2.24) is 0 Å². The van der Waals surface area contributed by atoms with Crippen molar-refractivity contribution in [2.75, 3.05) is 6.61 Å². The van der Waals surface area contributed by atoms with E-state index in [1.807, 2.05) is 0 Å². The van der Waals surface area contributed by atoms with Gasteiger partial charge in [0, 0.05) is 6.61 Å². The molecule has 5 nitrogen and oxygen atoms in total. The second-order valence-electron chi connectivity index (χ2n) is 2.71. The van der Waals surface area contributed by atoms with Crippen LogP contribution >= 0.6 is 47.4 Å². The smallest absolute Gasteiger partial charge is 0.293 e. The van der Waals surface area contributed by atoms with Crippen LogP contribution in [0.2, 0.25) is 0 Å². The van der Waals surface area contributed by atoms with Crippen molar-refractivity contribution >= 4 is 62.7 Å². The van der Waals surface area contributed by atoms with Gasteiger partial charge in [-0.15, -0.1) is 12.6 Å². The van der Waals surface area contributed by atoms with Gasteiger partial charge in [-0.1, -0.05) is 41.7 Å². The van der Waals surface area contributed by atoms with Crippen LogP contribution in [0.1, 0.15) is 13.8 Å². The van der Waals surface area contributed by atoms with Crippen LogP contribution in [-0.4, -0.2) is 34.4 Å². The van der Waals surface area contributed by atoms with Crippen molar-refractivity contribution in [1.29, 1.82) is 0 Å². The van der Waals surface area contributed by atoms with E-state index in [-0.39, 0.29) is 6.61 Å². The maximum absolute atomic E-state index is 10.7. The highest BCUT2D eigenvalue weighted by Crippen LogP contribution is 2.15. The Labute approximate surface area is 121 Å². The standard InChI is InChI=1S/C6H12O5S2.CHCl3/c1-3-11-6(13(8,9)10)4(2)5(7)12;2-1(3)4/h4,6H,3H2,1-2H3,(H,7,12)(H,8,9,10);1H. The van der Waals surface area contributed by atoms with E-state index in [0.717, 1.165) is 0 Å². The fraction of sp³-hybridized carbons (Fsp3) is 0.857. The highest BCUT2D eigenvalue weighted by molar-refractivity contribution is 7.96. The van der Waals surface area contributed by atoms with E-state index in [4.69, 9.17) is 44.1 Å². The van der Waals surface area contributed by atoms with Crippen molar-refractivity contribution in [2.24, 2.45) is 5.92 Å². The molecular weight excluding hydrogens is 335 g/mol. The molecule has 0 aromatic heterocycles. The molecule has 0 aliphatic rings. The first-order valence-corrected chi connectivity index (χ1v) is 7.52. The minimum absolute atomic E-state index is 0.0931. The summed E-state index contributed by atoms with van der Waals surface area (Å²) in [6.45, 7) is 2.98. The Morgan fingerprint density at radius 3 is 1.94 bits per heavy atom. The number of carbonyl (C=O) groups excluding carboxylic acids is 1. The molecule has 0 fully saturated rings. The van der Waals surface area contributed by atoms with Crippen LogP contribution in [0, 0.1) is 5.92 Å². The van der Waals surface area contributed by atoms with Gasteiger partial charge in [-0.05, 0) is 6.92 Å². The van der Waals surface area contributed by atoms with Gasteiger partial charge in [0.25, 0.3) is 10.1 Å². The summed E-state index contributed by atoms with van der Waals surface area (Å²) in [5.74, 6) is -0.988. The largest absolute Gasteiger partial charge is 0.359 e. The Bertz CT molecular complexity index is 317. The predicted molar refractivity (Wildman–Crippen MR) is 71.5 cm³/mol. The van der Waals surface area contributed by atoms with Crippen LogP contribution in [0.15, 0.2) is 0 Å². The highest BCUT2D eigenvalue weighted by atomic mass is 35.6. The Balaban J connectivity index is 0. The SMILES string of the molecule is CCOC(C(C)C(=O)S)S(=O)(=O)O.ClC(Cl)Cl. The average molecular weight is 348 g/mol. The molecule has 0 amide bonds. The lowest BCUT2D eigenvalue weighted by Gasteiger charge is -2.17. The van der Waals surface area contributed by atoms with Crippen molar-refractivity contribution in [3.05, 3.63) is 0 Å². The van der Waals surface area contributed by atoms with Crippen LogP contribution in [-0.2, 0) is 19.6 Å². The first kappa shape index (κ1) is 20.1. The summed E-state index contributed by atoms with van der Waals surface area (Å²) in [4.78, 5) is 10.7. The Hall–Kier alpha value is 0.760. The molecule has 0 heterocycles. The summed E-state index contributed by atoms with van der Waals surface area (Å²) in [5, 5.41) is -0.643. The van der Waals surface area contributed by atoms with E-state index in [0.29, 0.717) is 0 Å². The third-order valence-electron chi connectivity index (χ3n) is 1.42. The molecule has 0 aromatic rings. The van der Waals surface area contributed by atoms with Gasteiger partial charge in [-0.3, -0.25) is 9.35 Å². The van der Waals surface area contributed by atoms with Gasteiger partial charge in [-0.25, -0.2) is 0 Å². The van der Waals surface area contributed by atoms with Crippen LogP contribution in [0.3, 0.4) is 0 Å². The zero-order valence-electron chi connectivity index (χ0n) is 9.01. The van der Waals surface area contributed by atoms with E-state index >= 15 is 0 Å². The number of carbonyl (C=O) groups is 1. The lowest BCUT2D eigenvalue weighted by Crippen LogP contribution is -2.33. The van der Waals surface area contributed by atoms with Crippen molar-refractivity contribution in [3.8, 4) is 0 Å². The lowest BCUT2D eigenvalue weighted by molar-refractivity contribution is -0.116. The van der Waals surface area contributed by atoms with E-state index in [1.165, 1.54) is 6.92 Å².